The lowest BCUT2D eigenvalue weighted by atomic mass is 10.0. The average Bonchev–Trinajstić information content (AvgIpc) is 2.66. The van der Waals surface area contributed by atoms with Crippen molar-refractivity contribution in [1.82, 2.24) is 10.6 Å². The summed E-state index contributed by atoms with van der Waals surface area (Å²) in [5.41, 5.74) is 0.772. The highest BCUT2D eigenvalue weighted by Gasteiger charge is 2.29. The van der Waals surface area contributed by atoms with Crippen molar-refractivity contribution in [2.45, 2.75) is 32.4 Å². The third kappa shape index (κ3) is 6.29. The fourth-order valence-corrected chi connectivity index (χ4v) is 2.94. The molecule has 0 saturated carbocycles. The molecule has 3 N–H and O–H groups in total. The quantitative estimate of drug-likeness (QED) is 0.611. The highest BCUT2D eigenvalue weighted by atomic mass is 35.5. The first-order valence-electron chi connectivity index (χ1n) is 9.02. The van der Waals surface area contributed by atoms with Crippen molar-refractivity contribution in [3.8, 4) is 0 Å². The molecule has 0 bridgehead atoms. The largest absolute Gasteiger partial charge is 0.480 e. The van der Waals surface area contributed by atoms with Gasteiger partial charge in [-0.1, -0.05) is 49.7 Å². The molecule has 2 aromatic rings. The van der Waals surface area contributed by atoms with Crippen molar-refractivity contribution in [1.29, 1.82) is 0 Å². The van der Waals surface area contributed by atoms with Gasteiger partial charge in [-0.05, 0) is 35.7 Å². The molecule has 0 heterocycles. The molecule has 0 aliphatic carbocycles. The van der Waals surface area contributed by atoms with Gasteiger partial charge in [-0.25, -0.2) is 9.18 Å². The van der Waals surface area contributed by atoms with Gasteiger partial charge in [-0.2, -0.15) is 0 Å². The molecule has 0 unspecified atom stereocenters. The predicted octanol–water partition coefficient (Wildman–Crippen LogP) is 3.05. The Balaban J connectivity index is 2.12. The number of carbonyl (C=O) groups excluding carboxylic acids is 2. The van der Waals surface area contributed by atoms with Crippen LogP contribution in [0.2, 0.25) is 5.02 Å². The summed E-state index contributed by atoms with van der Waals surface area (Å²) < 4.78 is 13.0. The minimum absolute atomic E-state index is 0.0232. The van der Waals surface area contributed by atoms with Gasteiger partial charge in [-0.3, -0.25) is 9.59 Å². The molecular formula is C21H22ClFN2O4. The number of nitrogens with one attached hydrogen (secondary N) is 2. The molecule has 29 heavy (non-hydrogen) atoms. The second-order valence-electron chi connectivity index (χ2n) is 6.90. The molecule has 2 amide bonds. The SMILES string of the molecule is CC(C)[C@H](NC(=O)c1ccccc1Cl)C(=O)N[C@@H](Cc1ccc(F)cc1)C(=O)O. The van der Waals surface area contributed by atoms with E-state index in [0.717, 1.165) is 0 Å². The lowest BCUT2D eigenvalue weighted by Gasteiger charge is -2.24. The number of hydrogen-bond acceptors (Lipinski definition) is 3. The minimum Gasteiger partial charge on any atom is -0.480 e. The third-order valence-electron chi connectivity index (χ3n) is 4.32. The molecule has 2 aromatic carbocycles. The second kappa shape index (κ2) is 10.0. The Labute approximate surface area is 173 Å². The molecule has 0 saturated heterocycles. The topological polar surface area (TPSA) is 95.5 Å². The second-order valence-corrected chi connectivity index (χ2v) is 7.31. The van der Waals surface area contributed by atoms with Crippen molar-refractivity contribution in [3.05, 3.63) is 70.5 Å². The summed E-state index contributed by atoms with van der Waals surface area (Å²) in [7, 11) is 0. The first-order chi connectivity index (χ1) is 13.7. The number of halogens is 2. The number of carbonyl (C=O) groups is 3. The van der Waals surface area contributed by atoms with Crippen LogP contribution in [-0.4, -0.2) is 35.0 Å². The van der Waals surface area contributed by atoms with E-state index in [1.807, 2.05) is 0 Å². The smallest absolute Gasteiger partial charge is 0.326 e. The van der Waals surface area contributed by atoms with E-state index in [-0.39, 0.29) is 22.9 Å². The Bertz CT molecular complexity index is 887. The van der Waals surface area contributed by atoms with Crippen LogP contribution in [0, 0.1) is 11.7 Å². The van der Waals surface area contributed by atoms with E-state index in [4.69, 9.17) is 11.6 Å². The fourth-order valence-electron chi connectivity index (χ4n) is 2.72. The zero-order valence-corrected chi connectivity index (χ0v) is 16.7. The van der Waals surface area contributed by atoms with Crippen LogP contribution in [0.3, 0.4) is 0 Å². The highest BCUT2D eigenvalue weighted by Crippen LogP contribution is 2.16. The maximum absolute atomic E-state index is 13.0. The predicted molar refractivity (Wildman–Crippen MR) is 107 cm³/mol. The number of benzene rings is 2. The molecule has 0 aliphatic rings. The number of carboxylic acids is 1. The average molecular weight is 421 g/mol. The van der Waals surface area contributed by atoms with Crippen LogP contribution in [-0.2, 0) is 16.0 Å². The van der Waals surface area contributed by atoms with Gasteiger partial charge >= 0.3 is 5.97 Å². The van der Waals surface area contributed by atoms with Crippen LogP contribution in [0.5, 0.6) is 0 Å². The lowest BCUT2D eigenvalue weighted by Crippen LogP contribution is -2.54. The number of hydrogen-bond donors (Lipinski definition) is 3. The van der Waals surface area contributed by atoms with Crippen LogP contribution < -0.4 is 10.6 Å². The third-order valence-corrected chi connectivity index (χ3v) is 4.65. The van der Waals surface area contributed by atoms with Gasteiger partial charge in [0.15, 0.2) is 0 Å². The Hall–Kier alpha value is -2.93. The standard InChI is InChI=1S/C21H22ClFN2O4/c1-12(2)18(25-19(26)15-5-3-4-6-16(15)22)20(27)24-17(21(28)29)11-13-7-9-14(23)10-8-13/h3-10,12,17-18H,11H2,1-2H3,(H,24,27)(H,25,26)(H,28,29)/t17-,18-/m0/s1. The van der Waals surface area contributed by atoms with Crippen molar-refractivity contribution in [2.24, 2.45) is 5.92 Å². The van der Waals surface area contributed by atoms with Gasteiger partial charge in [0.25, 0.3) is 5.91 Å². The molecule has 154 valence electrons. The Morgan fingerprint density at radius 1 is 1.03 bits per heavy atom. The monoisotopic (exact) mass is 420 g/mol. The maximum Gasteiger partial charge on any atom is 0.326 e. The molecule has 2 atom stereocenters. The fraction of sp³-hybridized carbons (Fsp3) is 0.286. The summed E-state index contributed by atoms with van der Waals surface area (Å²) in [6.45, 7) is 3.46. The summed E-state index contributed by atoms with van der Waals surface area (Å²) in [4.78, 5) is 36.8. The van der Waals surface area contributed by atoms with E-state index < -0.39 is 35.7 Å². The van der Waals surface area contributed by atoms with Crippen molar-refractivity contribution < 1.29 is 23.9 Å². The van der Waals surface area contributed by atoms with Gasteiger partial charge < -0.3 is 15.7 Å². The summed E-state index contributed by atoms with van der Waals surface area (Å²) in [5.74, 6) is -3.14. The van der Waals surface area contributed by atoms with E-state index in [1.54, 1.807) is 32.0 Å². The van der Waals surface area contributed by atoms with E-state index in [2.05, 4.69) is 10.6 Å². The first kappa shape index (κ1) is 22.4. The minimum atomic E-state index is -1.23. The Morgan fingerprint density at radius 2 is 1.66 bits per heavy atom. The van der Waals surface area contributed by atoms with Crippen LogP contribution in [0.4, 0.5) is 4.39 Å². The van der Waals surface area contributed by atoms with Gasteiger partial charge in [0.05, 0.1) is 10.6 Å². The van der Waals surface area contributed by atoms with Crippen LogP contribution >= 0.6 is 11.6 Å². The zero-order valence-electron chi connectivity index (χ0n) is 16.0. The Kier molecular flexibility index (Phi) is 7.73. The van der Waals surface area contributed by atoms with E-state index in [1.165, 1.54) is 30.3 Å². The van der Waals surface area contributed by atoms with E-state index >= 15 is 0 Å². The normalized spacial score (nSPS) is 12.9. The molecule has 0 fully saturated rings. The van der Waals surface area contributed by atoms with E-state index in [0.29, 0.717) is 5.56 Å². The highest BCUT2D eigenvalue weighted by molar-refractivity contribution is 6.33. The van der Waals surface area contributed by atoms with Gasteiger partial charge in [0, 0.05) is 6.42 Å². The van der Waals surface area contributed by atoms with Gasteiger partial charge in [0.1, 0.15) is 17.9 Å². The molecule has 2 rings (SSSR count). The number of rotatable bonds is 8. The molecular weight excluding hydrogens is 399 g/mol. The molecule has 0 aromatic heterocycles. The summed E-state index contributed by atoms with van der Waals surface area (Å²) in [6, 6.07) is 9.57. The maximum atomic E-state index is 13.0. The summed E-state index contributed by atoms with van der Waals surface area (Å²) >= 11 is 6.02. The van der Waals surface area contributed by atoms with Crippen LogP contribution in [0.25, 0.3) is 0 Å². The number of amides is 2. The number of aliphatic carboxylic acids is 1. The molecule has 0 aliphatic heterocycles. The lowest BCUT2D eigenvalue weighted by molar-refractivity contribution is -0.142. The molecule has 8 heteroatoms. The summed E-state index contributed by atoms with van der Waals surface area (Å²) in [6.07, 6.45) is -0.0232. The number of carboxylic acid groups (broad SMARTS) is 1. The van der Waals surface area contributed by atoms with Crippen molar-refractivity contribution >= 4 is 29.4 Å². The molecule has 0 radical (unpaired) electrons. The van der Waals surface area contributed by atoms with E-state index in [9.17, 15) is 23.9 Å². The Morgan fingerprint density at radius 3 is 2.21 bits per heavy atom. The molecule has 6 nitrogen and oxygen atoms in total. The van der Waals surface area contributed by atoms with Crippen molar-refractivity contribution in [3.63, 3.8) is 0 Å². The zero-order chi connectivity index (χ0) is 21.6. The first-order valence-corrected chi connectivity index (χ1v) is 9.40. The van der Waals surface area contributed by atoms with Crippen LogP contribution in [0.15, 0.2) is 48.5 Å². The van der Waals surface area contributed by atoms with Gasteiger partial charge in [0.2, 0.25) is 5.91 Å². The van der Waals surface area contributed by atoms with Crippen molar-refractivity contribution in [2.75, 3.05) is 0 Å². The van der Waals surface area contributed by atoms with Gasteiger partial charge in [-0.15, -0.1) is 0 Å². The summed E-state index contributed by atoms with van der Waals surface area (Å²) in [5, 5.41) is 14.8. The van der Waals surface area contributed by atoms with Crippen LogP contribution in [0.1, 0.15) is 29.8 Å². The molecule has 0 spiro atoms.